The first-order valence-electron chi connectivity index (χ1n) is 8.23. The third kappa shape index (κ3) is 2.95. The lowest BCUT2D eigenvalue weighted by atomic mass is 9.94. The minimum atomic E-state index is 0.600. The van der Waals surface area contributed by atoms with Crippen LogP contribution in [-0.4, -0.2) is 30.1 Å². The number of hydrogen-bond donors (Lipinski definition) is 1. The first-order valence-corrected chi connectivity index (χ1v) is 9.11. The van der Waals surface area contributed by atoms with Crippen molar-refractivity contribution < 1.29 is 0 Å². The highest BCUT2D eigenvalue weighted by atomic mass is 32.1. The second-order valence-corrected chi connectivity index (χ2v) is 7.79. The normalized spacial score (nSPS) is 29.8. The maximum Gasteiger partial charge on any atom is 0.0468 e. The van der Waals surface area contributed by atoms with Crippen LogP contribution in [0.15, 0.2) is 17.5 Å². The summed E-state index contributed by atoms with van der Waals surface area (Å²) >= 11 is 1.93. The predicted octanol–water partition coefficient (Wildman–Crippen LogP) is 3.91. The first-order chi connectivity index (χ1) is 9.70. The summed E-state index contributed by atoms with van der Waals surface area (Å²) < 4.78 is 0. The van der Waals surface area contributed by atoms with E-state index in [1.54, 1.807) is 4.88 Å². The van der Waals surface area contributed by atoms with Crippen LogP contribution in [0.1, 0.15) is 51.0 Å². The Balaban J connectivity index is 1.81. The molecule has 2 fully saturated rings. The number of piperazine rings is 1. The lowest BCUT2D eigenvalue weighted by Crippen LogP contribution is -2.58. The molecule has 3 unspecified atom stereocenters. The molecule has 20 heavy (non-hydrogen) atoms. The lowest BCUT2D eigenvalue weighted by Gasteiger charge is -2.46. The number of thiophene rings is 1. The average Bonchev–Trinajstić information content (AvgIpc) is 3.16. The van der Waals surface area contributed by atoms with Crippen molar-refractivity contribution >= 4 is 11.3 Å². The summed E-state index contributed by atoms with van der Waals surface area (Å²) in [5.74, 6) is 1.63. The van der Waals surface area contributed by atoms with Crippen molar-refractivity contribution in [3.8, 4) is 0 Å². The summed E-state index contributed by atoms with van der Waals surface area (Å²) in [5, 5.41) is 6.04. The Morgan fingerprint density at radius 1 is 1.40 bits per heavy atom. The van der Waals surface area contributed by atoms with E-state index in [4.69, 9.17) is 0 Å². The van der Waals surface area contributed by atoms with Crippen LogP contribution in [0.3, 0.4) is 0 Å². The highest BCUT2D eigenvalue weighted by Gasteiger charge is 2.40. The summed E-state index contributed by atoms with van der Waals surface area (Å²) in [6.07, 6.45) is 4.13. The van der Waals surface area contributed by atoms with Gasteiger partial charge in [-0.3, -0.25) is 4.90 Å². The Morgan fingerprint density at radius 2 is 2.20 bits per heavy atom. The Bertz CT molecular complexity index is 411. The SMILES string of the molecule is CCC1CNC(C2CC2)CN1C(c1cccs1)C(C)C. The monoisotopic (exact) mass is 292 g/mol. The van der Waals surface area contributed by atoms with Gasteiger partial charge in [0, 0.05) is 36.1 Å². The molecule has 3 atom stereocenters. The molecule has 1 N–H and O–H groups in total. The molecule has 1 aromatic heterocycles. The van der Waals surface area contributed by atoms with Gasteiger partial charge in [0.05, 0.1) is 0 Å². The highest BCUT2D eigenvalue weighted by molar-refractivity contribution is 7.10. The van der Waals surface area contributed by atoms with E-state index >= 15 is 0 Å². The molecule has 1 aromatic rings. The van der Waals surface area contributed by atoms with Gasteiger partial charge in [0.1, 0.15) is 0 Å². The molecule has 0 spiro atoms. The van der Waals surface area contributed by atoms with E-state index in [1.807, 2.05) is 11.3 Å². The summed E-state index contributed by atoms with van der Waals surface area (Å²) in [5.41, 5.74) is 0. The van der Waals surface area contributed by atoms with E-state index in [0.717, 1.165) is 12.0 Å². The fraction of sp³-hybridized carbons (Fsp3) is 0.765. The van der Waals surface area contributed by atoms with E-state index < -0.39 is 0 Å². The molecule has 112 valence electrons. The zero-order valence-electron chi connectivity index (χ0n) is 13.0. The highest BCUT2D eigenvalue weighted by Crippen LogP contribution is 2.39. The van der Waals surface area contributed by atoms with Crippen molar-refractivity contribution in [2.45, 2.75) is 58.2 Å². The van der Waals surface area contributed by atoms with E-state index in [1.165, 1.54) is 32.4 Å². The van der Waals surface area contributed by atoms with Crippen LogP contribution in [-0.2, 0) is 0 Å². The van der Waals surface area contributed by atoms with Gasteiger partial charge < -0.3 is 5.32 Å². The number of nitrogens with zero attached hydrogens (tertiary/aromatic N) is 1. The third-order valence-corrected chi connectivity index (χ3v) is 5.92. The van der Waals surface area contributed by atoms with Crippen molar-refractivity contribution in [2.24, 2.45) is 11.8 Å². The summed E-state index contributed by atoms with van der Waals surface area (Å²) in [7, 11) is 0. The zero-order valence-corrected chi connectivity index (χ0v) is 13.8. The molecule has 0 radical (unpaired) electrons. The topological polar surface area (TPSA) is 15.3 Å². The molecule has 1 aliphatic heterocycles. The molecular formula is C17H28N2S. The van der Waals surface area contributed by atoms with Gasteiger partial charge in [-0.15, -0.1) is 11.3 Å². The van der Waals surface area contributed by atoms with Gasteiger partial charge in [-0.1, -0.05) is 26.8 Å². The maximum absolute atomic E-state index is 3.81. The van der Waals surface area contributed by atoms with Crippen LogP contribution in [0.5, 0.6) is 0 Å². The van der Waals surface area contributed by atoms with E-state index in [2.05, 4.69) is 48.5 Å². The number of hydrogen-bond acceptors (Lipinski definition) is 3. The quantitative estimate of drug-likeness (QED) is 0.885. The van der Waals surface area contributed by atoms with Crippen LogP contribution in [0, 0.1) is 11.8 Å². The molecule has 1 saturated carbocycles. The van der Waals surface area contributed by atoms with Crippen molar-refractivity contribution in [1.29, 1.82) is 0 Å². The van der Waals surface area contributed by atoms with Crippen molar-refractivity contribution in [3.05, 3.63) is 22.4 Å². The maximum atomic E-state index is 3.81. The molecule has 1 aliphatic carbocycles. The van der Waals surface area contributed by atoms with E-state index in [-0.39, 0.29) is 0 Å². The number of nitrogens with one attached hydrogen (secondary N) is 1. The minimum absolute atomic E-state index is 0.600. The molecule has 2 heterocycles. The second-order valence-electron chi connectivity index (χ2n) is 6.82. The fourth-order valence-electron chi connectivity index (χ4n) is 3.71. The van der Waals surface area contributed by atoms with Gasteiger partial charge >= 0.3 is 0 Å². The lowest BCUT2D eigenvalue weighted by molar-refractivity contribution is 0.0525. The molecule has 3 rings (SSSR count). The first kappa shape index (κ1) is 14.6. The molecular weight excluding hydrogens is 264 g/mol. The Hall–Kier alpha value is -0.380. The Kier molecular flexibility index (Phi) is 4.49. The third-order valence-electron chi connectivity index (χ3n) is 4.98. The van der Waals surface area contributed by atoms with Crippen LogP contribution < -0.4 is 5.32 Å². The van der Waals surface area contributed by atoms with E-state index in [0.29, 0.717) is 18.0 Å². The summed E-state index contributed by atoms with van der Waals surface area (Å²) in [6.45, 7) is 9.51. The van der Waals surface area contributed by atoms with Crippen LogP contribution in [0.25, 0.3) is 0 Å². The fourth-order valence-corrected chi connectivity index (χ4v) is 4.73. The predicted molar refractivity (Wildman–Crippen MR) is 87.2 cm³/mol. The van der Waals surface area contributed by atoms with Gasteiger partial charge in [0.25, 0.3) is 0 Å². The molecule has 1 saturated heterocycles. The van der Waals surface area contributed by atoms with Crippen molar-refractivity contribution in [1.82, 2.24) is 10.2 Å². The molecule has 0 bridgehead atoms. The van der Waals surface area contributed by atoms with Crippen molar-refractivity contribution in [3.63, 3.8) is 0 Å². The Morgan fingerprint density at radius 3 is 2.75 bits per heavy atom. The van der Waals surface area contributed by atoms with Crippen LogP contribution >= 0.6 is 11.3 Å². The molecule has 2 nitrogen and oxygen atoms in total. The molecule has 0 aromatic carbocycles. The van der Waals surface area contributed by atoms with Crippen LogP contribution in [0.4, 0.5) is 0 Å². The number of rotatable bonds is 5. The van der Waals surface area contributed by atoms with Gasteiger partial charge in [0.15, 0.2) is 0 Å². The standard InChI is InChI=1S/C17H28N2S/c1-4-14-10-18-15(13-7-8-13)11-19(14)17(12(2)3)16-6-5-9-20-16/h5-6,9,12-15,17-18H,4,7-8,10-11H2,1-3H3. The Labute approximate surface area is 127 Å². The van der Waals surface area contributed by atoms with Gasteiger partial charge in [-0.2, -0.15) is 0 Å². The van der Waals surface area contributed by atoms with E-state index in [9.17, 15) is 0 Å². The summed E-state index contributed by atoms with van der Waals surface area (Å²) in [4.78, 5) is 4.37. The second kappa shape index (κ2) is 6.17. The van der Waals surface area contributed by atoms with Crippen LogP contribution in [0.2, 0.25) is 0 Å². The zero-order chi connectivity index (χ0) is 14.1. The largest absolute Gasteiger partial charge is 0.311 e. The molecule has 0 amide bonds. The summed E-state index contributed by atoms with van der Waals surface area (Å²) in [6, 6.07) is 6.56. The molecule has 3 heteroatoms. The average molecular weight is 292 g/mol. The van der Waals surface area contributed by atoms with Gasteiger partial charge in [-0.05, 0) is 42.5 Å². The van der Waals surface area contributed by atoms with Gasteiger partial charge in [-0.25, -0.2) is 0 Å². The molecule has 2 aliphatic rings. The smallest absolute Gasteiger partial charge is 0.0468 e. The van der Waals surface area contributed by atoms with Gasteiger partial charge in [0.2, 0.25) is 0 Å². The van der Waals surface area contributed by atoms with Crippen molar-refractivity contribution in [2.75, 3.05) is 13.1 Å². The minimum Gasteiger partial charge on any atom is -0.311 e.